The normalized spacial score (nSPS) is 14.0. The van der Waals surface area contributed by atoms with Crippen molar-refractivity contribution < 1.29 is 23.5 Å². The summed E-state index contributed by atoms with van der Waals surface area (Å²) < 4.78 is 18.9. The minimum atomic E-state index is -1.03. The minimum absolute atomic E-state index is 0.0479. The lowest BCUT2D eigenvalue weighted by Gasteiger charge is -2.18. The molecule has 0 aromatic heterocycles. The zero-order valence-corrected chi connectivity index (χ0v) is 16.4. The highest BCUT2D eigenvalue weighted by molar-refractivity contribution is 8.00. The van der Waals surface area contributed by atoms with Gasteiger partial charge in [-0.1, -0.05) is 42.5 Å². The van der Waals surface area contributed by atoms with Crippen LogP contribution in [-0.4, -0.2) is 35.3 Å². The van der Waals surface area contributed by atoms with Gasteiger partial charge in [-0.25, -0.2) is 4.39 Å². The van der Waals surface area contributed by atoms with Crippen molar-refractivity contribution in [3.63, 3.8) is 0 Å². The van der Waals surface area contributed by atoms with Crippen molar-refractivity contribution in [3.8, 4) is 0 Å². The summed E-state index contributed by atoms with van der Waals surface area (Å²) in [6, 6.07) is 14.8. The van der Waals surface area contributed by atoms with E-state index in [4.69, 9.17) is 4.74 Å². The fourth-order valence-corrected chi connectivity index (χ4v) is 3.14. The van der Waals surface area contributed by atoms with Crippen molar-refractivity contribution in [1.82, 2.24) is 5.32 Å². The van der Waals surface area contributed by atoms with Gasteiger partial charge in [0.2, 0.25) is 12.0 Å². The van der Waals surface area contributed by atoms with E-state index in [0.717, 1.165) is 24.6 Å². The molecule has 0 spiro atoms. The second-order valence-corrected chi connectivity index (χ2v) is 7.57. The molecular weight excluding hydrogens is 395 g/mol. The number of para-hydroxylation sites is 1. The standard InChI is InChI=1S/C21H21FN2O4S/c22-16-8-4-5-9-17(16)24-18(25)12-29-13-19(26)28-20(14-6-2-1-3-7-14)21(27)23-15-10-11-15/h1-9,15,20H,10-13H2,(H,23,27)(H,24,25)/t20-/m0/s1. The van der Waals surface area contributed by atoms with Crippen LogP contribution in [0.2, 0.25) is 0 Å². The maximum atomic E-state index is 13.5. The first-order chi connectivity index (χ1) is 14.0. The van der Waals surface area contributed by atoms with Crippen molar-refractivity contribution in [3.05, 3.63) is 66.0 Å². The molecule has 0 unspecified atom stereocenters. The van der Waals surface area contributed by atoms with E-state index in [-0.39, 0.29) is 29.1 Å². The molecule has 0 aliphatic heterocycles. The number of anilines is 1. The van der Waals surface area contributed by atoms with Crippen LogP contribution in [0.15, 0.2) is 54.6 Å². The van der Waals surface area contributed by atoms with Gasteiger partial charge < -0.3 is 15.4 Å². The van der Waals surface area contributed by atoms with Gasteiger partial charge >= 0.3 is 5.97 Å². The van der Waals surface area contributed by atoms with Crippen LogP contribution < -0.4 is 10.6 Å². The molecule has 0 radical (unpaired) electrons. The molecule has 8 heteroatoms. The molecule has 0 bridgehead atoms. The van der Waals surface area contributed by atoms with Gasteiger partial charge in [0.15, 0.2) is 0 Å². The summed E-state index contributed by atoms with van der Waals surface area (Å²) in [5.74, 6) is -2.07. The van der Waals surface area contributed by atoms with E-state index < -0.39 is 23.8 Å². The van der Waals surface area contributed by atoms with Crippen LogP contribution in [0, 0.1) is 5.82 Å². The monoisotopic (exact) mass is 416 g/mol. The Morgan fingerprint density at radius 3 is 2.41 bits per heavy atom. The smallest absolute Gasteiger partial charge is 0.317 e. The second-order valence-electron chi connectivity index (χ2n) is 6.58. The summed E-state index contributed by atoms with van der Waals surface area (Å²) in [6.45, 7) is 0. The van der Waals surface area contributed by atoms with Gasteiger partial charge in [-0.2, -0.15) is 0 Å². The molecule has 1 aliphatic rings. The highest BCUT2D eigenvalue weighted by atomic mass is 32.2. The van der Waals surface area contributed by atoms with Crippen LogP contribution in [0.25, 0.3) is 0 Å². The Morgan fingerprint density at radius 1 is 1.03 bits per heavy atom. The van der Waals surface area contributed by atoms with E-state index in [9.17, 15) is 18.8 Å². The summed E-state index contributed by atoms with van der Waals surface area (Å²) in [5.41, 5.74) is 0.669. The van der Waals surface area contributed by atoms with Gasteiger partial charge in [-0.05, 0) is 25.0 Å². The average Bonchev–Trinajstić information content (AvgIpc) is 3.52. The Labute approximate surface area is 172 Å². The lowest BCUT2D eigenvalue weighted by molar-refractivity contribution is -0.154. The molecule has 1 saturated carbocycles. The molecule has 152 valence electrons. The molecule has 3 rings (SSSR count). The van der Waals surface area contributed by atoms with Crippen molar-refractivity contribution >= 4 is 35.2 Å². The molecule has 2 amide bonds. The molecule has 0 saturated heterocycles. The largest absolute Gasteiger partial charge is 0.447 e. The number of nitrogens with one attached hydrogen (secondary N) is 2. The van der Waals surface area contributed by atoms with E-state index in [2.05, 4.69) is 10.6 Å². The van der Waals surface area contributed by atoms with Crippen LogP contribution >= 0.6 is 11.8 Å². The molecule has 1 aliphatic carbocycles. The number of amides is 2. The number of rotatable bonds is 9. The van der Waals surface area contributed by atoms with E-state index in [0.29, 0.717) is 5.56 Å². The van der Waals surface area contributed by atoms with E-state index in [1.165, 1.54) is 18.2 Å². The Morgan fingerprint density at radius 2 is 1.72 bits per heavy atom. The fourth-order valence-electron chi connectivity index (χ4n) is 2.55. The first-order valence-electron chi connectivity index (χ1n) is 9.20. The summed E-state index contributed by atoms with van der Waals surface area (Å²) >= 11 is 1.03. The number of hydrogen-bond donors (Lipinski definition) is 2. The number of esters is 1. The van der Waals surface area contributed by atoms with Crippen LogP contribution in [0.1, 0.15) is 24.5 Å². The Bertz CT molecular complexity index is 874. The fraction of sp³-hybridized carbons (Fsp3) is 0.286. The highest BCUT2D eigenvalue weighted by Crippen LogP contribution is 2.23. The van der Waals surface area contributed by atoms with Gasteiger partial charge in [-0.15, -0.1) is 11.8 Å². The number of halogens is 1. The van der Waals surface area contributed by atoms with Crippen molar-refractivity contribution in [2.24, 2.45) is 0 Å². The predicted octanol–water partition coefficient (Wildman–Crippen LogP) is 3.06. The molecule has 0 heterocycles. The SMILES string of the molecule is O=C(CSCC(=O)O[C@H](C(=O)NC1CC1)c1ccccc1)Nc1ccccc1F. The molecule has 2 aromatic carbocycles. The maximum Gasteiger partial charge on any atom is 0.317 e. The van der Waals surface area contributed by atoms with Crippen LogP contribution in [0.3, 0.4) is 0 Å². The topological polar surface area (TPSA) is 84.5 Å². The van der Waals surface area contributed by atoms with E-state index in [1.807, 2.05) is 6.07 Å². The van der Waals surface area contributed by atoms with Crippen LogP contribution in [-0.2, 0) is 19.1 Å². The zero-order valence-electron chi connectivity index (χ0n) is 15.6. The minimum Gasteiger partial charge on any atom is -0.447 e. The summed E-state index contributed by atoms with van der Waals surface area (Å²) in [4.78, 5) is 36.6. The Kier molecular flexibility index (Phi) is 7.24. The van der Waals surface area contributed by atoms with Gasteiger partial charge in [0.25, 0.3) is 5.91 Å². The lowest BCUT2D eigenvalue weighted by atomic mass is 10.1. The maximum absolute atomic E-state index is 13.5. The number of thioether (sulfide) groups is 1. The Balaban J connectivity index is 1.48. The lowest BCUT2D eigenvalue weighted by Crippen LogP contribution is -2.34. The zero-order chi connectivity index (χ0) is 20.6. The first kappa shape index (κ1) is 20.9. The third kappa shape index (κ3) is 6.60. The third-order valence-electron chi connectivity index (χ3n) is 4.11. The van der Waals surface area contributed by atoms with Crippen LogP contribution in [0.4, 0.5) is 10.1 Å². The molecule has 1 fully saturated rings. The molecular formula is C21H21FN2O4S. The molecule has 29 heavy (non-hydrogen) atoms. The number of carbonyl (C=O) groups is 3. The molecule has 2 aromatic rings. The first-order valence-corrected chi connectivity index (χ1v) is 10.4. The van der Waals surface area contributed by atoms with Gasteiger partial charge in [0.1, 0.15) is 5.82 Å². The molecule has 6 nitrogen and oxygen atoms in total. The second kappa shape index (κ2) is 10.1. The third-order valence-corrected chi connectivity index (χ3v) is 5.02. The number of benzene rings is 2. The molecule has 2 N–H and O–H groups in total. The van der Waals surface area contributed by atoms with Gasteiger partial charge in [0, 0.05) is 11.6 Å². The number of carbonyl (C=O) groups excluding carboxylic acids is 3. The van der Waals surface area contributed by atoms with Crippen molar-refractivity contribution in [2.75, 3.05) is 16.8 Å². The summed E-state index contributed by atoms with van der Waals surface area (Å²) in [7, 11) is 0. The van der Waals surface area contributed by atoms with Crippen molar-refractivity contribution in [1.29, 1.82) is 0 Å². The van der Waals surface area contributed by atoms with Crippen molar-refractivity contribution in [2.45, 2.75) is 25.0 Å². The van der Waals surface area contributed by atoms with Crippen LogP contribution in [0.5, 0.6) is 0 Å². The predicted molar refractivity (Wildman–Crippen MR) is 109 cm³/mol. The summed E-state index contributed by atoms with van der Waals surface area (Å²) in [5, 5.41) is 5.29. The quantitative estimate of drug-likeness (QED) is 0.614. The average molecular weight is 416 g/mol. The van der Waals surface area contributed by atoms with E-state index >= 15 is 0 Å². The van der Waals surface area contributed by atoms with E-state index in [1.54, 1.807) is 30.3 Å². The summed E-state index contributed by atoms with van der Waals surface area (Å²) in [6.07, 6.45) is 0.819. The number of hydrogen-bond acceptors (Lipinski definition) is 5. The van der Waals surface area contributed by atoms with Gasteiger partial charge in [-0.3, -0.25) is 14.4 Å². The van der Waals surface area contributed by atoms with Gasteiger partial charge in [0.05, 0.1) is 17.2 Å². The Hall–Kier alpha value is -2.87. The number of ether oxygens (including phenoxy) is 1. The molecule has 1 atom stereocenters. The highest BCUT2D eigenvalue weighted by Gasteiger charge is 2.30.